The molecule has 5 nitrogen and oxygen atoms in total. The predicted octanol–water partition coefficient (Wildman–Crippen LogP) is 12.7. The Morgan fingerprint density at radius 1 is 0.357 bits per heavy atom. The quantitative estimate of drug-likeness (QED) is 0.171. The van der Waals surface area contributed by atoms with E-state index >= 15 is 0 Å². The monoisotopic (exact) mass is 739 g/mol. The maximum Gasteiger partial charge on any atom is 0.238 e. The van der Waals surface area contributed by atoms with Gasteiger partial charge in [0.2, 0.25) is 5.95 Å². The lowest BCUT2D eigenvalue weighted by Gasteiger charge is -2.15. The number of aromatic nitrogens is 5. The average molecular weight is 740 g/mol. The Morgan fingerprint density at radius 2 is 0.893 bits per heavy atom. The fourth-order valence-electron chi connectivity index (χ4n) is 6.64. The number of benzene rings is 8. The van der Waals surface area contributed by atoms with E-state index in [1.165, 1.54) is 0 Å². The molecule has 0 radical (unpaired) electrons. The molecule has 0 aliphatic carbocycles. The van der Waals surface area contributed by atoms with Crippen molar-refractivity contribution in [2.24, 2.45) is 0 Å². The van der Waals surface area contributed by atoms with Crippen molar-refractivity contribution >= 4 is 43.6 Å². The molecule has 0 amide bonds. The van der Waals surface area contributed by atoms with E-state index in [2.05, 4.69) is 0 Å². The van der Waals surface area contributed by atoms with E-state index in [9.17, 15) is 12.3 Å². The van der Waals surface area contributed by atoms with Crippen LogP contribution in [0, 0.1) is 0 Å². The minimum absolute atomic E-state index is 0.193. The summed E-state index contributed by atoms with van der Waals surface area (Å²) in [4.78, 5) is 14.2. The molecule has 8 aromatic carbocycles. The van der Waals surface area contributed by atoms with E-state index in [1.807, 2.05) is 30.3 Å². The molecule has 0 fully saturated rings. The summed E-state index contributed by atoms with van der Waals surface area (Å²) in [6, 6.07) is -4.44. The van der Waals surface area contributed by atoms with E-state index in [1.54, 1.807) is 24.3 Å². The molecule has 0 bridgehead atoms. The second-order valence-corrected chi connectivity index (χ2v) is 12.3. The Hall–Kier alpha value is -7.63. The van der Waals surface area contributed by atoms with E-state index in [0.717, 1.165) is 20.3 Å². The summed E-state index contributed by atoms with van der Waals surface area (Å²) in [5.41, 5.74) is -3.22. The first-order valence-electron chi connectivity index (χ1n) is 28.9. The van der Waals surface area contributed by atoms with Crippen LogP contribution >= 0.6 is 0 Å². The fraction of sp³-hybridized carbons (Fsp3) is 0. The normalized spacial score (nSPS) is 17.6. The van der Waals surface area contributed by atoms with Gasteiger partial charge in [-0.05, 0) is 64.6 Å². The standard InChI is InChI=1S/C51H33N5/c1-3-15-34(16-4-1)36-27-29-37(30-28-36)49-52-50(54-51(53-49)56-45-24-12-7-19-39(45)40-20-8-13-25-46(40)56)42-22-10-14-26-47(42)55-44-23-11-9-21-41(44)43-33-38(31-32-48(43)55)35-17-5-2-6-18-35/h1-33H/i2D,5D,6D,7D,8D,9D,10D,11D,12D,13D,14D,17D,18D,19D,20D,21D,22D,23D,24D,25D,26D,31D,32D,33D. The minimum Gasteiger partial charge on any atom is -0.309 e. The maximum absolute atomic E-state index is 9.70. The van der Waals surface area contributed by atoms with Crippen LogP contribution in [0.4, 0.5) is 0 Å². The molecule has 0 atom stereocenters. The summed E-state index contributed by atoms with van der Waals surface area (Å²) in [7, 11) is 0. The van der Waals surface area contributed by atoms with Crippen LogP contribution in [0.25, 0.3) is 100 Å². The van der Waals surface area contributed by atoms with Crippen molar-refractivity contribution in [3.63, 3.8) is 0 Å². The lowest BCUT2D eigenvalue weighted by Crippen LogP contribution is -2.07. The summed E-state index contributed by atoms with van der Waals surface area (Å²) in [6.45, 7) is 0. The van der Waals surface area contributed by atoms with Crippen molar-refractivity contribution in [2.75, 3.05) is 0 Å². The molecule has 0 aliphatic heterocycles. The van der Waals surface area contributed by atoms with Crippen LogP contribution in [0.15, 0.2) is 200 Å². The van der Waals surface area contributed by atoms with Gasteiger partial charge in [0.05, 0.1) is 60.7 Å². The SMILES string of the molecule is [2H]c1c([2H])c([2H])c(-c2c([2H])c([2H])c3c(c2[2H])c2c([2H])c([2H])c([2H])c([2H])c2n3-c2c([2H])c([2H])c([2H])c([2H])c2-c2nc(-c3ccc(-c4ccccc4)cc3)nc(-n3c4c([2H])c([2H])c([2H])c([2H])c4c4c([2H])c([2H])c([2H])c([2H])c43)n2)c([2H])c1[2H]. The summed E-state index contributed by atoms with van der Waals surface area (Å²) < 4.78 is 218. The highest BCUT2D eigenvalue weighted by atomic mass is 15.2. The lowest BCUT2D eigenvalue weighted by molar-refractivity contribution is 0.951. The van der Waals surface area contributed by atoms with Crippen LogP contribution in [0.3, 0.4) is 0 Å². The topological polar surface area (TPSA) is 48.5 Å². The fourth-order valence-corrected chi connectivity index (χ4v) is 6.64. The second-order valence-electron chi connectivity index (χ2n) is 12.3. The van der Waals surface area contributed by atoms with E-state index in [-0.39, 0.29) is 22.2 Å². The highest BCUT2D eigenvalue weighted by Gasteiger charge is 2.21. The van der Waals surface area contributed by atoms with Gasteiger partial charge in [0.15, 0.2) is 11.6 Å². The average Bonchev–Trinajstić information content (AvgIpc) is 4.23. The Balaban J connectivity index is 1.35. The van der Waals surface area contributed by atoms with Gasteiger partial charge in [-0.25, -0.2) is 4.98 Å². The molecule has 3 heterocycles. The minimum atomic E-state index is -0.963. The van der Waals surface area contributed by atoms with Gasteiger partial charge in [-0.3, -0.25) is 4.57 Å². The molecule has 3 aromatic heterocycles. The van der Waals surface area contributed by atoms with E-state index < -0.39 is 212 Å². The van der Waals surface area contributed by atoms with Crippen LogP contribution in [0.5, 0.6) is 0 Å². The molecule has 0 saturated carbocycles. The molecule has 11 aromatic rings. The van der Waals surface area contributed by atoms with Gasteiger partial charge in [0.25, 0.3) is 0 Å². The van der Waals surface area contributed by atoms with Crippen molar-refractivity contribution in [1.29, 1.82) is 0 Å². The number of hydrogen-bond acceptors (Lipinski definition) is 3. The highest BCUT2D eigenvalue weighted by molar-refractivity contribution is 6.11. The summed E-state index contributed by atoms with van der Waals surface area (Å²) in [6.07, 6.45) is 0. The second kappa shape index (κ2) is 13.0. The van der Waals surface area contributed by atoms with Gasteiger partial charge in [0.1, 0.15) is 0 Å². The van der Waals surface area contributed by atoms with Gasteiger partial charge in [-0.1, -0.05) is 157 Å². The van der Waals surface area contributed by atoms with Gasteiger partial charge in [0, 0.05) is 32.7 Å². The molecule has 0 N–H and O–H groups in total. The number of para-hydroxylation sites is 4. The van der Waals surface area contributed by atoms with Crippen LogP contribution < -0.4 is 0 Å². The third-order valence-corrected chi connectivity index (χ3v) is 9.13. The predicted molar refractivity (Wildman–Crippen MR) is 230 cm³/mol. The lowest BCUT2D eigenvalue weighted by atomic mass is 10.0. The van der Waals surface area contributed by atoms with Crippen molar-refractivity contribution in [3.05, 3.63) is 200 Å². The van der Waals surface area contributed by atoms with Crippen molar-refractivity contribution < 1.29 is 32.9 Å². The van der Waals surface area contributed by atoms with Crippen LogP contribution in [0.2, 0.25) is 0 Å². The zero-order valence-electron chi connectivity index (χ0n) is 52.4. The summed E-state index contributed by atoms with van der Waals surface area (Å²) in [5, 5.41) is -1.82. The van der Waals surface area contributed by atoms with Gasteiger partial charge >= 0.3 is 0 Å². The van der Waals surface area contributed by atoms with Crippen molar-refractivity contribution in [3.8, 4) is 56.7 Å². The molecule has 0 aliphatic rings. The molecule has 0 spiro atoms. The molecule has 262 valence electrons. The number of fused-ring (bicyclic) bond motifs is 6. The third kappa shape index (κ3) is 5.21. The summed E-state index contributed by atoms with van der Waals surface area (Å²) >= 11 is 0. The molecule has 56 heavy (non-hydrogen) atoms. The first-order chi connectivity index (χ1) is 37.8. The third-order valence-electron chi connectivity index (χ3n) is 9.13. The first kappa shape index (κ1) is 16.0. The summed E-state index contributed by atoms with van der Waals surface area (Å²) in [5.74, 6) is -1.61. The molecule has 11 rings (SSSR count). The Morgan fingerprint density at radius 3 is 1.61 bits per heavy atom. The van der Waals surface area contributed by atoms with Gasteiger partial charge in [-0.2, -0.15) is 9.97 Å². The van der Waals surface area contributed by atoms with Crippen LogP contribution in [0.1, 0.15) is 32.9 Å². The Bertz CT molecular complexity index is 4530. The van der Waals surface area contributed by atoms with Crippen molar-refractivity contribution in [1.82, 2.24) is 24.1 Å². The maximum atomic E-state index is 9.70. The number of rotatable bonds is 6. The highest BCUT2D eigenvalue weighted by Crippen LogP contribution is 2.38. The molecule has 0 saturated heterocycles. The van der Waals surface area contributed by atoms with Crippen LogP contribution in [-0.4, -0.2) is 24.1 Å². The van der Waals surface area contributed by atoms with Gasteiger partial charge in [-0.15, -0.1) is 0 Å². The zero-order chi connectivity index (χ0) is 57.9. The first-order valence-corrected chi connectivity index (χ1v) is 16.9. The largest absolute Gasteiger partial charge is 0.309 e. The Kier molecular flexibility index (Phi) is 3.73. The number of nitrogens with zero attached hydrogens (tertiary/aromatic N) is 5. The van der Waals surface area contributed by atoms with Crippen molar-refractivity contribution in [2.45, 2.75) is 0 Å². The number of hydrogen-bond donors (Lipinski definition) is 0. The zero-order valence-corrected chi connectivity index (χ0v) is 28.4. The molecular weight excluding hydrogens is 683 g/mol. The van der Waals surface area contributed by atoms with Crippen LogP contribution in [-0.2, 0) is 0 Å². The Labute approximate surface area is 357 Å². The van der Waals surface area contributed by atoms with E-state index in [0.29, 0.717) is 0 Å². The van der Waals surface area contributed by atoms with Gasteiger partial charge < -0.3 is 4.57 Å². The van der Waals surface area contributed by atoms with E-state index in [4.69, 9.17) is 35.5 Å². The smallest absolute Gasteiger partial charge is 0.238 e. The molecule has 5 heteroatoms. The molecular formula is C51H33N5. The molecule has 0 unspecified atom stereocenters.